The summed E-state index contributed by atoms with van der Waals surface area (Å²) in [5.74, 6) is 0.696. The molecule has 0 unspecified atom stereocenters. The van der Waals surface area contributed by atoms with Gasteiger partial charge < -0.3 is 4.74 Å². The van der Waals surface area contributed by atoms with Crippen LogP contribution in [0.4, 0.5) is 0 Å². The van der Waals surface area contributed by atoms with Crippen LogP contribution in [0, 0.1) is 11.3 Å². The summed E-state index contributed by atoms with van der Waals surface area (Å²) in [6.07, 6.45) is 5.28. The fourth-order valence-electron chi connectivity index (χ4n) is 2.72. The molecule has 0 radical (unpaired) electrons. The third kappa shape index (κ3) is 4.47. The van der Waals surface area contributed by atoms with Crippen LogP contribution in [0.1, 0.15) is 44.1 Å². The largest absolute Gasteiger partial charge is 0.492 e. The van der Waals surface area contributed by atoms with Crippen molar-refractivity contribution in [1.82, 2.24) is 0 Å². The van der Waals surface area contributed by atoms with Crippen molar-refractivity contribution in [2.75, 3.05) is 12.4 Å². The van der Waals surface area contributed by atoms with Crippen molar-refractivity contribution in [3.8, 4) is 11.8 Å². The quantitative estimate of drug-likeness (QED) is 0.757. The SMILES string of the molecule is N#Cc1ccccc1OCCCS(=O)(=O)C1CCCCC1. The van der Waals surface area contributed by atoms with Gasteiger partial charge in [0, 0.05) is 0 Å². The molecule has 0 aromatic heterocycles. The Kier molecular flexibility index (Phi) is 5.63. The predicted molar refractivity (Wildman–Crippen MR) is 81.9 cm³/mol. The van der Waals surface area contributed by atoms with Gasteiger partial charge in [0.05, 0.1) is 23.2 Å². The first-order chi connectivity index (χ1) is 10.1. The van der Waals surface area contributed by atoms with E-state index in [-0.39, 0.29) is 11.0 Å². The minimum Gasteiger partial charge on any atom is -0.492 e. The second kappa shape index (κ2) is 7.46. The van der Waals surface area contributed by atoms with Crippen LogP contribution < -0.4 is 4.74 Å². The van der Waals surface area contributed by atoms with E-state index < -0.39 is 9.84 Å². The van der Waals surface area contributed by atoms with Gasteiger partial charge in [-0.3, -0.25) is 0 Å². The Morgan fingerprint density at radius 3 is 2.62 bits per heavy atom. The molecule has 0 bridgehead atoms. The van der Waals surface area contributed by atoms with Crippen molar-refractivity contribution in [3.63, 3.8) is 0 Å². The summed E-state index contributed by atoms with van der Waals surface area (Å²) in [5.41, 5.74) is 0.479. The molecule has 1 saturated carbocycles. The van der Waals surface area contributed by atoms with E-state index in [0.29, 0.717) is 24.3 Å². The summed E-state index contributed by atoms with van der Waals surface area (Å²) in [5, 5.41) is 8.79. The average molecular weight is 307 g/mol. The fraction of sp³-hybridized carbons (Fsp3) is 0.562. The smallest absolute Gasteiger partial charge is 0.153 e. The van der Waals surface area contributed by atoms with E-state index in [1.165, 1.54) is 0 Å². The monoisotopic (exact) mass is 307 g/mol. The lowest BCUT2D eigenvalue weighted by Crippen LogP contribution is -2.27. The van der Waals surface area contributed by atoms with Crippen molar-refractivity contribution < 1.29 is 13.2 Å². The van der Waals surface area contributed by atoms with Crippen LogP contribution in [0.25, 0.3) is 0 Å². The highest BCUT2D eigenvalue weighted by Gasteiger charge is 2.26. The minimum atomic E-state index is -3.00. The first-order valence-electron chi connectivity index (χ1n) is 7.47. The number of ether oxygens (including phenoxy) is 1. The van der Waals surface area contributed by atoms with Crippen LogP contribution >= 0.6 is 0 Å². The van der Waals surface area contributed by atoms with Gasteiger partial charge in [-0.15, -0.1) is 0 Å². The van der Waals surface area contributed by atoms with Crippen molar-refractivity contribution in [3.05, 3.63) is 29.8 Å². The lowest BCUT2D eigenvalue weighted by atomic mass is 10.0. The van der Waals surface area contributed by atoms with Gasteiger partial charge in [0.2, 0.25) is 0 Å². The molecular formula is C16H21NO3S. The summed E-state index contributed by atoms with van der Waals surface area (Å²) in [6.45, 7) is 0.324. The molecular weight excluding hydrogens is 286 g/mol. The van der Waals surface area contributed by atoms with Gasteiger partial charge in [-0.2, -0.15) is 5.26 Å². The minimum absolute atomic E-state index is 0.155. The molecule has 0 N–H and O–H groups in total. The highest BCUT2D eigenvalue weighted by molar-refractivity contribution is 7.92. The highest BCUT2D eigenvalue weighted by Crippen LogP contribution is 2.24. The summed E-state index contributed by atoms with van der Waals surface area (Å²) < 4.78 is 29.9. The molecule has 0 amide bonds. The van der Waals surface area contributed by atoms with Gasteiger partial charge >= 0.3 is 0 Å². The van der Waals surface area contributed by atoms with E-state index in [2.05, 4.69) is 6.07 Å². The van der Waals surface area contributed by atoms with Gasteiger partial charge in [0.1, 0.15) is 11.8 Å². The first-order valence-corrected chi connectivity index (χ1v) is 9.18. The molecule has 0 heterocycles. The zero-order chi connectivity index (χ0) is 15.1. The van der Waals surface area contributed by atoms with E-state index in [4.69, 9.17) is 10.00 Å². The van der Waals surface area contributed by atoms with Crippen LogP contribution in [0.2, 0.25) is 0 Å². The number of benzene rings is 1. The van der Waals surface area contributed by atoms with Gasteiger partial charge in [-0.05, 0) is 31.4 Å². The molecule has 0 aliphatic heterocycles. The number of para-hydroxylation sites is 1. The number of nitrogens with zero attached hydrogens (tertiary/aromatic N) is 1. The lowest BCUT2D eigenvalue weighted by molar-refractivity contribution is 0.316. The molecule has 21 heavy (non-hydrogen) atoms. The van der Waals surface area contributed by atoms with Crippen molar-refractivity contribution in [2.24, 2.45) is 0 Å². The Morgan fingerprint density at radius 1 is 1.19 bits per heavy atom. The van der Waals surface area contributed by atoms with Gasteiger partial charge in [0.15, 0.2) is 9.84 Å². The van der Waals surface area contributed by atoms with Crippen molar-refractivity contribution >= 4 is 9.84 Å². The molecule has 114 valence electrons. The van der Waals surface area contributed by atoms with E-state index >= 15 is 0 Å². The van der Waals surface area contributed by atoms with E-state index in [1.54, 1.807) is 24.3 Å². The molecule has 1 aromatic carbocycles. The molecule has 5 heteroatoms. The molecule has 1 aliphatic rings. The maximum atomic E-state index is 12.2. The molecule has 1 aliphatic carbocycles. The maximum Gasteiger partial charge on any atom is 0.153 e. The van der Waals surface area contributed by atoms with Crippen LogP contribution in [-0.2, 0) is 9.84 Å². The predicted octanol–water partition coefficient (Wildman–Crippen LogP) is 3.07. The Morgan fingerprint density at radius 2 is 1.90 bits per heavy atom. The fourth-order valence-corrected chi connectivity index (χ4v) is 4.62. The molecule has 2 rings (SSSR count). The molecule has 4 nitrogen and oxygen atoms in total. The van der Waals surface area contributed by atoms with Crippen molar-refractivity contribution in [2.45, 2.75) is 43.8 Å². The van der Waals surface area contributed by atoms with Crippen LogP contribution in [0.3, 0.4) is 0 Å². The maximum absolute atomic E-state index is 12.2. The number of nitriles is 1. The number of sulfone groups is 1. The second-order valence-corrected chi connectivity index (χ2v) is 7.84. The summed E-state index contributed by atoms with van der Waals surface area (Å²) in [7, 11) is -3.00. The molecule has 1 aromatic rings. The summed E-state index contributed by atoms with van der Waals surface area (Å²) in [6, 6.07) is 9.06. The second-order valence-electron chi connectivity index (χ2n) is 5.44. The molecule has 0 spiro atoms. The van der Waals surface area contributed by atoms with Gasteiger partial charge in [-0.1, -0.05) is 31.4 Å². The molecule has 0 atom stereocenters. The van der Waals surface area contributed by atoms with Crippen LogP contribution in [0.15, 0.2) is 24.3 Å². The number of rotatable bonds is 6. The summed E-state index contributed by atoms with van der Waals surface area (Å²) in [4.78, 5) is 0. The van der Waals surface area contributed by atoms with E-state index in [0.717, 1.165) is 32.1 Å². The third-order valence-corrected chi connectivity index (χ3v) is 6.24. The normalized spacial score (nSPS) is 16.3. The van der Waals surface area contributed by atoms with Crippen molar-refractivity contribution in [1.29, 1.82) is 5.26 Å². The zero-order valence-electron chi connectivity index (χ0n) is 12.1. The lowest BCUT2D eigenvalue weighted by Gasteiger charge is -2.21. The molecule has 0 saturated heterocycles. The third-order valence-electron chi connectivity index (χ3n) is 3.90. The van der Waals surface area contributed by atoms with E-state index in [1.807, 2.05) is 0 Å². The standard InChI is InChI=1S/C16H21NO3S/c17-13-14-7-4-5-10-16(14)20-11-6-12-21(18,19)15-8-2-1-3-9-15/h4-5,7,10,15H,1-3,6,8-9,11-12H2. The molecule has 1 fully saturated rings. The Balaban J connectivity index is 1.80. The van der Waals surface area contributed by atoms with Crippen LogP contribution in [0.5, 0.6) is 5.75 Å². The zero-order valence-corrected chi connectivity index (χ0v) is 12.9. The van der Waals surface area contributed by atoms with E-state index in [9.17, 15) is 8.42 Å². The summed E-state index contributed by atoms with van der Waals surface area (Å²) >= 11 is 0. The van der Waals surface area contributed by atoms with Gasteiger partial charge in [-0.25, -0.2) is 8.42 Å². The Bertz CT molecular complexity index is 598. The first kappa shape index (κ1) is 15.8. The average Bonchev–Trinajstić information content (AvgIpc) is 2.53. The number of hydrogen-bond donors (Lipinski definition) is 0. The Hall–Kier alpha value is -1.54. The Labute approximate surface area is 126 Å². The van der Waals surface area contributed by atoms with Crippen LogP contribution in [-0.4, -0.2) is 26.0 Å². The topological polar surface area (TPSA) is 67.2 Å². The highest BCUT2D eigenvalue weighted by atomic mass is 32.2. The van der Waals surface area contributed by atoms with Gasteiger partial charge in [0.25, 0.3) is 0 Å². The number of hydrogen-bond acceptors (Lipinski definition) is 4.